The summed E-state index contributed by atoms with van der Waals surface area (Å²) in [4.78, 5) is 2.55. The van der Waals surface area contributed by atoms with Crippen LogP contribution < -0.4 is 0 Å². The molecular weight excluding hydrogens is 158 g/mol. The number of rotatable bonds is 6. The molecule has 13 heavy (non-hydrogen) atoms. The quantitative estimate of drug-likeness (QED) is 0.612. The molecule has 0 saturated carbocycles. The van der Waals surface area contributed by atoms with Crippen LogP contribution >= 0.6 is 0 Å². The Kier molecular flexibility index (Phi) is 5.62. The third kappa shape index (κ3) is 5.30. The molecule has 0 saturated heterocycles. The summed E-state index contributed by atoms with van der Waals surface area (Å²) in [6.45, 7) is 16.2. The Morgan fingerprint density at radius 2 is 1.69 bits per heavy atom. The maximum absolute atomic E-state index is 2.55. The molecule has 0 atom stereocenters. The van der Waals surface area contributed by atoms with Crippen molar-refractivity contribution in [2.45, 2.75) is 60.4 Å². The number of nitrogens with zero attached hydrogens (tertiary/aromatic N) is 1. The van der Waals surface area contributed by atoms with Gasteiger partial charge in [-0.25, -0.2) is 0 Å². The van der Waals surface area contributed by atoms with Crippen LogP contribution in [0.3, 0.4) is 0 Å². The van der Waals surface area contributed by atoms with Gasteiger partial charge in [-0.05, 0) is 32.2 Å². The fourth-order valence-electron chi connectivity index (χ4n) is 1.97. The SMILES string of the molecule is CCCC(C)(C)CN(CC)C(C)C. The van der Waals surface area contributed by atoms with E-state index in [1.54, 1.807) is 0 Å². The van der Waals surface area contributed by atoms with Crippen LogP contribution in [0.1, 0.15) is 54.4 Å². The van der Waals surface area contributed by atoms with Gasteiger partial charge in [0.05, 0.1) is 0 Å². The van der Waals surface area contributed by atoms with Gasteiger partial charge in [0.2, 0.25) is 0 Å². The van der Waals surface area contributed by atoms with Crippen LogP contribution in [-0.2, 0) is 0 Å². The average molecular weight is 185 g/mol. The number of hydrogen-bond donors (Lipinski definition) is 0. The van der Waals surface area contributed by atoms with Gasteiger partial charge in [0.15, 0.2) is 0 Å². The Bertz CT molecular complexity index is 127. The highest BCUT2D eigenvalue weighted by molar-refractivity contribution is 4.74. The highest BCUT2D eigenvalue weighted by Gasteiger charge is 2.21. The van der Waals surface area contributed by atoms with Gasteiger partial charge in [-0.15, -0.1) is 0 Å². The number of hydrogen-bond acceptors (Lipinski definition) is 1. The van der Waals surface area contributed by atoms with Crippen molar-refractivity contribution in [1.82, 2.24) is 4.90 Å². The topological polar surface area (TPSA) is 3.24 Å². The van der Waals surface area contributed by atoms with Crippen LogP contribution in [0.15, 0.2) is 0 Å². The smallest absolute Gasteiger partial charge is 0.00387 e. The molecule has 0 N–H and O–H groups in total. The van der Waals surface area contributed by atoms with Crippen LogP contribution in [0.5, 0.6) is 0 Å². The summed E-state index contributed by atoms with van der Waals surface area (Å²) in [7, 11) is 0. The maximum Gasteiger partial charge on any atom is 0.00387 e. The molecule has 0 unspecified atom stereocenters. The summed E-state index contributed by atoms with van der Waals surface area (Å²) in [6.07, 6.45) is 2.62. The van der Waals surface area contributed by atoms with Crippen molar-refractivity contribution in [3.63, 3.8) is 0 Å². The van der Waals surface area contributed by atoms with Gasteiger partial charge < -0.3 is 4.90 Å². The van der Waals surface area contributed by atoms with Gasteiger partial charge in [0, 0.05) is 12.6 Å². The zero-order valence-electron chi connectivity index (χ0n) is 10.4. The summed E-state index contributed by atoms with van der Waals surface area (Å²) < 4.78 is 0. The molecule has 0 heterocycles. The van der Waals surface area contributed by atoms with Gasteiger partial charge >= 0.3 is 0 Å². The summed E-state index contributed by atoms with van der Waals surface area (Å²) in [6, 6.07) is 0.682. The first kappa shape index (κ1) is 13.0. The molecule has 0 aliphatic rings. The maximum atomic E-state index is 2.55. The molecular formula is C12H27N. The van der Waals surface area contributed by atoms with Crippen LogP contribution in [0, 0.1) is 5.41 Å². The second-order valence-electron chi connectivity index (χ2n) is 5.07. The van der Waals surface area contributed by atoms with Crippen LogP contribution in [0.4, 0.5) is 0 Å². The second-order valence-corrected chi connectivity index (χ2v) is 5.07. The van der Waals surface area contributed by atoms with E-state index in [4.69, 9.17) is 0 Å². The fraction of sp³-hybridized carbons (Fsp3) is 1.00. The molecule has 0 aliphatic heterocycles. The largest absolute Gasteiger partial charge is 0.301 e. The minimum Gasteiger partial charge on any atom is -0.301 e. The van der Waals surface area contributed by atoms with Crippen molar-refractivity contribution in [3.05, 3.63) is 0 Å². The lowest BCUT2D eigenvalue weighted by atomic mass is 9.87. The normalized spacial score (nSPS) is 12.9. The zero-order chi connectivity index (χ0) is 10.5. The molecule has 80 valence electrons. The summed E-state index contributed by atoms with van der Waals surface area (Å²) in [5.74, 6) is 0. The Morgan fingerprint density at radius 1 is 1.15 bits per heavy atom. The minimum absolute atomic E-state index is 0.481. The molecule has 0 bridgehead atoms. The molecule has 0 spiro atoms. The summed E-state index contributed by atoms with van der Waals surface area (Å²) in [5.41, 5.74) is 0.481. The third-order valence-electron chi connectivity index (χ3n) is 2.69. The molecule has 0 amide bonds. The Morgan fingerprint density at radius 3 is 2.00 bits per heavy atom. The van der Waals surface area contributed by atoms with E-state index in [2.05, 4.69) is 46.4 Å². The standard InChI is InChI=1S/C12H27N/c1-7-9-12(5,6)10-13(8-2)11(3)4/h11H,7-10H2,1-6H3. The van der Waals surface area contributed by atoms with Gasteiger partial charge in [-0.1, -0.05) is 34.1 Å². The Labute approximate surface area is 84.5 Å². The Balaban J connectivity index is 4.05. The van der Waals surface area contributed by atoms with Crippen LogP contribution in [-0.4, -0.2) is 24.0 Å². The lowest BCUT2D eigenvalue weighted by Crippen LogP contribution is -2.38. The van der Waals surface area contributed by atoms with E-state index in [0.29, 0.717) is 11.5 Å². The second kappa shape index (κ2) is 5.64. The molecule has 0 aliphatic carbocycles. The van der Waals surface area contributed by atoms with Gasteiger partial charge in [-0.2, -0.15) is 0 Å². The van der Waals surface area contributed by atoms with E-state index in [1.165, 1.54) is 25.9 Å². The highest BCUT2D eigenvalue weighted by atomic mass is 15.1. The average Bonchev–Trinajstić information content (AvgIpc) is 1.99. The van der Waals surface area contributed by atoms with Crippen molar-refractivity contribution >= 4 is 0 Å². The fourth-order valence-corrected chi connectivity index (χ4v) is 1.97. The lowest BCUT2D eigenvalue weighted by molar-refractivity contribution is 0.143. The van der Waals surface area contributed by atoms with Crippen LogP contribution in [0.2, 0.25) is 0 Å². The molecule has 1 heteroatoms. The summed E-state index contributed by atoms with van der Waals surface area (Å²) in [5, 5.41) is 0. The molecule has 1 nitrogen and oxygen atoms in total. The van der Waals surface area contributed by atoms with Crippen molar-refractivity contribution in [3.8, 4) is 0 Å². The molecule has 0 aromatic rings. The van der Waals surface area contributed by atoms with Crippen molar-refractivity contribution < 1.29 is 0 Å². The van der Waals surface area contributed by atoms with Crippen LogP contribution in [0.25, 0.3) is 0 Å². The van der Waals surface area contributed by atoms with E-state index in [0.717, 1.165) is 0 Å². The third-order valence-corrected chi connectivity index (χ3v) is 2.69. The van der Waals surface area contributed by atoms with E-state index in [1.807, 2.05) is 0 Å². The van der Waals surface area contributed by atoms with Crippen molar-refractivity contribution in [1.29, 1.82) is 0 Å². The van der Waals surface area contributed by atoms with Gasteiger partial charge in [-0.3, -0.25) is 0 Å². The van der Waals surface area contributed by atoms with Gasteiger partial charge in [0.1, 0.15) is 0 Å². The van der Waals surface area contributed by atoms with E-state index in [-0.39, 0.29) is 0 Å². The molecule has 0 aromatic carbocycles. The first-order valence-electron chi connectivity index (χ1n) is 5.67. The first-order valence-corrected chi connectivity index (χ1v) is 5.67. The van der Waals surface area contributed by atoms with E-state index in [9.17, 15) is 0 Å². The van der Waals surface area contributed by atoms with Gasteiger partial charge in [0.25, 0.3) is 0 Å². The lowest BCUT2D eigenvalue weighted by Gasteiger charge is -2.34. The monoisotopic (exact) mass is 185 g/mol. The summed E-state index contributed by atoms with van der Waals surface area (Å²) >= 11 is 0. The molecule has 0 aromatic heterocycles. The first-order chi connectivity index (χ1) is 5.93. The Hall–Kier alpha value is -0.0400. The predicted molar refractivity (Wildman–Crippen MR) is 61.1 cm³/mol. The highest BCUT2D eigenvalue weighted by Crippen LogP contribution is 2.24. The van der Waals surface area contributed by atoms with Crippen molar-refractivity contribution in [2.24, 2.45) is 5.41 Å². The molecule has 0 fully saturated rings. The van der Waals surface area contributed by atoms with E-state index < -0.39 is 0 Å². The minimum atomic E-state index is 0.481. The molecule has 0 radical (unpaired) electrons. The van der Waals surface area contributed by atoms with E-state index >= 15 is 0 Å². The molecule has 0 rings (SSSR count). The predicted octanol–water partition coefficient (Wildman–Crippen LogP) is 3.54. The van der Waals surface area contributed by atoms with Crippen molar-refractivity contribution in [2.75, 3.05) is 13.1 Å². The zero-order valence-corrected chi connectivity index (χ0v) is 10.4.